The van der Waals surface area contributed by atoms with Crippen molar-refractivity contribution < 1.29 is 14.7 Å². The summed E-state index contributed by atoms with van der Waals surface area (Å²) in [6.45, 7) is 3.57. The van der Waals surface area contributed by atoms with Gasteiger partial charge in [0.2, 0.25) is 5.91 Å². The minimum absolute atomic E-state index is 0.288. The zero-order valence-corrected chi connectivity index (χ0v) is 12.7. The Morgan fingerprint density at radius 2 is 2.10 bits per heavy atom. The van der Waals surface area contributed by atoms with Crippen molar-refractivity contribution >= 4 is 28.2 Å². The number of aryl methyl sites for hydroxylation is 1. The van der Waals surface area contributed by atoms with Gasteiger partial charge in [-0.3, -0.25) is 9.59 Å². The van der Waals surface area contributed by atoms with Crippen LogP contribution in [0.15, 0.2) is 0 Å². The normalized spacial score (nSPS) is 25.0. The number of carboxylic acid groups (broad SMARTS) is 1. The number of anilines is 1. The first-order chi connectivity index (χ1) is 9.87. The first kappa shape index (κ1) is 14.1. The van der Waals surface area contributed by atoms with Crippen molar-refractivity contribution in [3.63, 3.8) is 0 Å². The van der Waals surface area contributed by atoms with Crippen LogP contribution in [0.3, 0.4) is 0 Å². The molecule has 0 bridgehead atoms. The number of nitrogens with one attached hydrogen (secondary N) is 1. The number of nitrogens with zero attached hydrogens (tertiary/aromatic N) is 1. The molecule has 0 spiro atoms. The van der Waals surface area contributed by atoms with Crippen LogP contribution in [-0.4, -0.2) is 17.0 Å². The van der Waals surface area contributed by atoms with Crippen molar-refractivity contribution in [2.45, 2.75) is 33.1 Å². The summed E-state index contributed by atoms with van der Waals surface area (Å²) in [6, 6.07) is 2.17. The quantitative estimate of drug-likeness (QED) is 0.897. The van der Waals surface area contributed by atoms with Crippen molar-refractivity contribution in [1.29, 1.82) is 5.26 Å². The van der Waals surface area contributed by atoms with Crippen LogP contribution in [0.2, 0.25) is 0 Å². The average molecular weight is 304 g/mol. The molecule has 2 aliphatic rings. The van der Waals surface area contributed by atoms with Gasteiger partial charge in [-0.25, -0.2) is 0 Å². The van der Waals surface area contributed by atoms with E-state index < -0.39 is 23.2 Å². The fourth-order valence-corrected chi connectivity index (χ4v) is 4.63. The summed E-state index contributed by atoms with van der Waals surface area (Å²) in [6.07, 6.45) is 2.90. The van der Waals surface area contributed by atoms with Gasteiger partial charge in [-0.2, -0.15) is 5.26 Å². The smallest absolute Gasteiger partial charge is 0.307 e. The fraction of sp³-hybridized carbons (Fsp3) is 0.533. The number of aliphatic carboxylic acids is 1. The molecule has 1 amide bonds. The molecule has 6 heteroatoms. The molecule has 1 aromatic heterocycles. The van der Waals surface area contributed by atoms with E-state index in [2.05, 4.69) is 11.4 Å². The number of carbonyl (C=O) groups is 2. The second-order valence-corrected chi connectivity index (χ2v) is 7.38. The maximum atomic E-state index is 12.3. The molecule has 1 aromatic rings. The molecular formula is C15H16N2O3S. The van der Waals surface area contributed by atoms with Crippen LogP contribution in [0.5, 0.6) is 0 Å². The minimum atomic E-state index is -0.936. The number of rotatable bonds is 3. The number of nitriles is 1. The zero-order chi connectivity index (χ0) is 15.4. The summed E-state index contributed by atoms with van der Waals surface area (Å²) in [7, 11) is 0. The Balaban J connectivity index is 1.81. The Labute approximate surface area is 126 Å². The molecular weight excluding hydrogens is 288 g/mol. The van der Waals surface area contributed by atoms with Gasteiger partial charge >= 0.3 is 5.97 Å². The third-order valence-corrected chi connectivity index (χ3v) is 5.85. The number of thiophene rings is 1. The predicted octanol–water partition coefficient (Wildman–Crippen LogP) is 2.40. The highest BCUT2D eigenvalue weighted by Gasteiger charge is 2.66. The summed E-state index contributed by atoms with van der Waals surface area (Å²) < 4.78 is 0. The van der Waals surface area contributed by atoms with Crippen LogP contribution in [-0.2, 0) is 22.4 Å². The summed E-state index contributed by atoms with van der Waals surface area (Å²) in [5, 5.41) is 21.8. The number of amides is 1. The average Bonchev–Trinajstić information content (AvgIpc) is 2.72. The summed E-state index contributed by atoms with van der Waals surface area (Å²) in [4.78, 5) is 24.6. The number of carboxylic acids is 1. The van der Waals surface area contributed by atoms with Gasteiger partial charge in [0.25, 0.3) is 0 Å². The standard InChI is InChI=1S/C15H16N2O3S/c1-15(2)10(11(15)14(19)20)12(18)17-13-8(6-16)7-4-3-5-9(7)21-13/h10-11H,3-5H2,1-2H3,(H,17,18)(H,19,20). The van der Waals surface area contributed by atoms with Gasteiger partial charge in [-0.1, -0.05) is 13.8 Å². The molecule has 1 heterocycles. The zero-order valence-electron chi connectivity index (χ0n) is 11.9. The first-order valence-corrected chi connectivity index (χ1v) is 7.78. The third kappa shape index (κ3) is 2.04. The third-order valence-electron chi connectivity index (χ3n) is 4.65. The highest BCUT2D eigenvalue weighted by molar-refractivity contribution is 7.16. The molecule has 2 unspecified atom stereocenters. The predicted molar refractivity (Wildman–Crippen MR) is 78.1 cm³/mol. The molecule has 0 aliphatic heterocycles. The van der Waals surface area contributed by atoms with Crippen molar-refractivity contribution in [1.82, 2.24) is 0 Å². The first-order valence-electron chi connectivity index (χ1n) is 6.96. The number of hydrogen-bond acceptors (Lipinski definition) is 4. The lowest BCUT2D eigenvalue weighted by Gasteiger charge is -2.05. The van der Waals surface area contributed by atoms with Crippen molar-refractivity contribution in [3.05, 3.63) is 16.0 Å². The minimum Gasteiger partial charge on any atom is -0.481 e. The highest BCUT2D eigenvalue weighted by atomic mass is 32.1. The SMILES string of the molecule is CC1(C)C(C(=O)O)C1C(=O)Nc1sc2c(c1C#N)CCC2. The van der Waals surface area contributed by atoms with Gasteiger partial charge in [-0.05, 0) is 30.2 Å². The lowest BCUT2D eigenvalue weighted by Crippen LogP contribution is -2.17. The second kappa shape index (κ2) is 4.57. The molecule has 0 aromatic carbocycles. The molecule has 0 radical (unpaired) electrons. The van der Waals surface area contributed by atoms with E-state index in [9.17, 15) is 14.9 Å². The van der Waals surface area contributed by atoms with Crippen LogP contribution in [0.1, 0.15) is 36.3 Å². The van der Waals surface area contributed by atoms with E-state index in [1.807, 2.05) is 0 Å². The molecule has 1 saturated carbocycles. The Hall–Kier alpha value is -1.87. The van der Waals surface area contributed by atoms with Crippen LogP contribution < -0.4 is 5.32 Å². The molecule has 2 aliphatic carbocycles. The van der Waals surface area contributed by atoms with Crippen LogP contribution >= 0.6 is 11.3 Å². The van der Waals surface area contributed by atoms with Crippen LogP contribution in [0.25, 0.3) is 0 Å². The van der Waals surface area contributed by atoms with E-state index in [1.165, 1.54) is 16.2 Å². The summed E-state index contributed by atoms with van der Waals surface area (Å²) in [5.41, 5.74) is 1.09. The second-order valence-electron chi connectivity index (χ2n) is 6.28. The summed E-state index contributed by atoms with van der Waals surface area (Å²) >= 11 is 1.45. The van der Waals surface area contributed by atoms with Gasteiger partial charge in [-0.15, -0.1) is 11.3 Å². The molecule has 0 saturated heterocycles. The Bertz CT molecular complexity index is 684. The van der Waals surface area contributed by atoms with Gasteiger partial charge in [0.1, 0.15) is 11.1 Å². The molecule has 3 rings (SSSR count). The molecule has 5 nitrogen and oxygen atoms in total. The summed E-state index contributed by atoms with van der Waals surface area (Å²) in [5.74, 6) is -2.40. The number of fused-ring (bicyclic) bond motifs is 1. The van der Waals surface area contributed by atoms with Gasteiger partial charge in [0, 0.05) is 4.88 Å². The van der Waals surface area contributed by atoms with Crippen molar-refractivity contribution in [3.8, 4) is 6.07 Å². The van der Waals surface area contributed by atoms with Crippen molar-refractivity contribution in [2.24, 2.45) is 17.3 Å². The lowest BCUT2D eigenvalue weighted by atomic mass is 10.1. The maximum absolute atomic E-state index is 12.3. The van der Waals surface area contributed by atoms with Gasteiger partial charge in [0.15, 0.2) is 0 Å². The van der Waals surface area contributed by atoms with E-state index >= 15 is 0 Å². The monoisotopic (exact) mass is 304 g/mol. The molecule has 1 fully saturated rings. The van der Waals surface area contributed by atoms with Gasteiger partial charge < -0.3 is 10.4 Å². The Kier molecular flexibility index (Phi) is 3.06. The largest absolute Gasteiger partial charge is 0.481 e. The number of hydrogen-bond donors (Lipinski definition) is 2. The van der Waals surface area contributed by atoms with Crippen molar-refractivity contribution in [2.75, 3.05) is 5.32 Å². The fourth-order valence-electron chi connectivity index (χ4n) is 3.39. The molecule has 2 N–H and O–H groups in total. The highest BCUT2D eigenvalue weighted by Crippen LogP contribution is 2.58. The van der Waals surface area contributed by atoms with E-state index in [1.54, 1.807) is 13.8 Å². The van der Waals surface area contributed by atoms with E-state index in [0.717, 1.165) is 24.8 Å². The Morgan fingerprint density at radius 3 is 2.67 bits per heavy atom. The maximum Gasteiger partial charge on any atom is 0.307 e. The van der Waals surface area contributed by atoms with Crippen LogP contribution in [0, 0.1) is 28.6 Å². The van der Waals surface area contributed by atoms with Gasteiger partial charge in [0.05, 0.1) is 17.4 Å². The Morgan fingerprint density at radius 1 is 1.38 bits per heavy atom. The molecule has 21 heavy (non-hydrogen) atoms. The topological polar surface area (TPSA) is 90.2 Å². The van der Waals surface area contributed by atoms with Crippen LogP contribution in [0.4, 0.5) is 5.00 Å². The lowest BCUT2D eigenvalue weighted by molar-refractivity contribution is -0.140. The molecule has 2 atom stereocenters. The van der Waals surface area contributed by atoms with E-state index in [-0.39, 0.29) is 5.91 Å². The molecule has 110 valence electrons. The van der Waals surface area contributed by atoms with E-state index in [4.69, 9.17) is 5.11 Å². The van der Waals surface area contributed by atoms with E-state index in [0.29, 0.717) is 10.6 Å². The number of carbonyl (C=O) groups excluding carboxylic acids is 1.